The lowest BCUT2D eigenvalue weighted by Crippen LogP contribution is -2.53. The van der Waals surface area contributed by atoms with E-state index in [2.05, 4.69) is 5.32 Å². The Morgan fingerprint density at radius 3 is 2.22 bits per heavy atom. The second-order valence-corrected chi connectivity index (χ2v) is 14.2. The van der Waals surface area contributed by atoms with Crippen LogP contribution >= 0.6 is 23.2 Å². The number of carbonyl (C=O) groups is 2. The average Bonchev–Trinajstić information content (AvgIpc) is 3.06. The van der Waals surface area contributed by atoms with Crippen molar-refractivity contribution < 1.29 is 31.2 Å². The number of alkyl halides is 3. The molecule has 1 N–H and O–H groups in total. The molecule has 2 amide bonds. The van der Waals surface area contributed by atoms with Crippen LogP contribution in [-0.4, -0.2) is 44.3 Å². The van der Waals surface area contributed by atoms with E-state index >= 15 is 0 Å². The Hall–Kier alpha value is -4.06. The van der Waals surface area contributed by atoms with Gasteiger partial charge in [0, 0.05) is 29.6 Å². The molecule has 0 saturated heterocycles. The van der Waals surface area contributed by atoms with Gasteiger partial charge in [0.25, 0.3) is 10.0 Å². The summed E-state index contributed by atoms with van der Waals surface area (Å²) in [6.07, 6.45) is -3.24. The first kappa shape index (κ1) is 37.8. The summed E-state index contributed by atoms with van der Waals surface area (Å²) in [6, 6.07) is 21.9. The van der Waals surface area contributed by atoms with Gasteiger partial charge in [0.15, 0.2) is 0 Å². The first-order chi connectivity index (χ1) is 23.2. The Bertz CT molecular complexity index is 1860. The van der Waals surface area contributed by atoms with E-state index in [1.807, 2.05) is 6.92 Å². The Balaban J connectivity index is 1.85. The molecule has 4 aromatic rings. The maximum atomic E-state index is 14.5. The first-order valence-corrected chi connectivity index (χ1v) is 17.7. The van der Waals surface area contributed by atoms with Crippen molar-refractivity contribution in [1.82, 2.24) is 10.2 Å². The van der Waals surface area contributed by atoms with Crippen molar-refractivity contribution in [1.29, 1.82) is 0 Å². The van der Waals surface area contributed by atoms with E-state index in [0.717, 1.165) is 29.7 Å². The predicted octanol–water partition coefficient (Wildman–Crippen LogP) is 8.07. The van der Waals surface area contributed by atoms with Crippen molar-refractivity contribution in [2.24, 2.45) is 0 Å². The fourth-order valence-electron chi connectivity index (χ4n) is 5.10. The first-order valence-electron chi connectivity index (χ1n) is 15.5. The highest BCUT2D eigenvalue weighted by molar-refractivity contribution is 7.92. The minimum atomic E-state index is -4.78. The average molecular weight is 735 g/mol. The zero-order valence-electron chi connectivity index (χ0n) is 26.9. The number of rotatable bonds is 14. The Kier molecular flexibility index (Phi) is 12.8. The number of aryl methyl sites for hydroxylation is 1. The third kappa shape index (κ3) is 9.99. The number of unbranched alkanes of at least 4 members (excludes halogenated alkanes) is 1. The van der Waals surface area contributed by atoms with Crippen LogP contribution < -0.4 is 9.62 Å². The molecule has 0 radical (unpaired) electrons. The molecule has 0 unspecified atom stereocenters. The Morgan fingerprint density at radius 1 is 0.898 bits per heavy atom. The van der Waals surface area contributed by atoms with Crippen LogP contribution in [0.25, 0.3) is 0 Å². The maximum Gasteiger partial charge on any atom is 0.416 e. The molecule has 49 heavy (non-hydrogen) atoms. The third-order valence-electron chi connectivity index (χ3n) is 7.81. The van der Waals surface area contributed by atoms with Crippen LogP contribution in [0.4, 0.5) is 18.9 Å². The number of nitrogens with zero attached hydrogens (tertiary/aromatic N) is 2. The smallest absolute Gasteiger partial charge is 0.354 e. The summed E-state index contributed by atoms with van der Waals surface area (Å²) in [5, 5.41) is 3.42. The normalized spacial score (nSPS) is 12.3. The van der Waals surface area contributed by atoms with E-state index in [1.54, 1.807) is 61.5 Å². The highest BCUT2D eigenvalue weighted by Crippen LogP contribution is 2.34. The standard InChI is InChI=1S/C36H36Cl2F3N3O4S/c1-3-4-19-42-35(46)33(20-26-9-6-5-7-10-26)43(23-27-15-16-29(37)22-32(27)38)34(45)24-44(30-12-8-11-28(21-30)36(39,40)41)49(47,48)31-17-13-25(2)14-18-31/h5-18,21-22,33H,3-4,19-20,23-24H2,1-2H3,(H,42,46)/t33-/m0/s1. The molecule has 0 aliphatic rings. The summed E-state index contributed by atoms with van der Waals surface area (Å²) in [7, 11) is -4.60. The highest BCUT2D eigenvalue weighted by atomic mass is 35.5. The second-order valence-electron chi connectivity index (χ2n) is 11.5. The lowest BCUT2D eigenvalue weighted by atomic mass is 10.0. The molecule has 0 spiro atoms. The number of anilines is 1. The van der Waals surface area contributed by atoms with E-state index in [0.29, 0.717) is 33.9 Å². The molecule has 0 aliphatic heterocycles. The van der Waals surface area contributed by atoms with Crippen LogP contribution in [0.2, 0.25) is 10.0 Å². The molecular formula is C36H36Cl2F3N3O4S. The van der Waals surface area contributed by atoms with Crippen molar-refractivity contribution in [2.45, 2.75) is 56.8 Å². The lowest BCUT2D eigenvalue weighted by molar-refractivity contribution is -0.140. The zero-order chi connectivity index (χ0) is 35.8. The van der Waals surface area contributed by atoms with Crippen molar-refractivity contribution in [3.05, 3.63) is 129 Å². The third-order valence-corrected chi connectivity index (χ3v) is 10.2. The summed E-state index contributed by atoms with van der Waals surface area (Å²) >= 11 is 12.6. The molecule has 13 heteroatoms. The van der Waals surface area contributed by atoms with Gasteiger partial charge in [-0.05, 0) is 66.9 Å². The molecular weight excluding hydrogens is 698 g/mol. The minimum Gasteiger partial charge on any atom is -0.354 e. The van der Waals surface area contributed by atoms with E-state index in [9.17, 15) is 31.2 Å². The van der Waals surface area contributed by atoms with Crippen molar-refractivity contribution in [3.63, 3.8) is 0 Å². The van der Waals surface area contributed by atoms with Gasteiger partial charge in [-0.2, -0.15) is 13.2 Å². The SMILES string of the molecule is CCCCNC(=O)[C@H](Cc1ccccc1)N(Cc1ccc(Cl)cc1Cl)C(=O)CN(c1cccc(C(F)(F)F)c1)S(=O)(=O)c1ccc(C)cc1. The van der Waals surface area contributed by atoms with Crippen LogP contribution in [0.3, 0.4) is 0 Å². The van der Waals surface area contributed by atoms with Crippen LogP contribution in [-0.2, 0) is 38.8 Å². The largest absolute Gasteiger partial charge is 0.416 e. The molecule has 4 aromatic carbocycles. The quantitative estimate of drug-likeness (QED) is 0.133. The van der Waals surface area contributed by atoms with Crippen molar-refractivity contribution >= 4 is 50.7 Å². The van der Waals surface area contributed by atoms with Gasteiger partial charge < -0.3 is 10.2 Å². The molecule has 0 aliphatic carbocycles. The van der Waals surface area contributed by atoms with E-state index in [-0.39, 0.29) is 28.6 Å². The van der Waals surface area contributed by atoms with Crippen LogP contribution in [0.15, 0.2) is 102 Å². The fraction of sp³-hybridized carbons (Fsp3) is 0.278. The second kappa shape index (κ2) is 16.6. The molecule has 1 atom stereocenters. The zero-order valence-corrected chi connectivity index (χ0v) is 29.2. The van der Waals surface area contributed by atoms with Gasteiger partial charge in [-0.1, -0.05) is 96.7 Å². The van der Waals surface area contributed by atoms with Gasteiger partial charge in [-0.3, -0.25) is 13.9 Å². The summed E-state index contributed by atoms with van der Waals surface area (Å²) < 4.78 is 70.4. The number of carbonyl (C=O) groups excluding carboxylic acids is 2. The maximum absolute atomic E-state index is 14.5. The molecule has 0 fully saturated rings. The number of halogens is 5. The molecule has 7 nitrogen and oxygen atoms in total. The van der Waals surface area contributed by atoms with Crippen molar-refractivity contribution in [2.75, 3.05) is 17.4 Å². The molecule has 0 aromatic heterocycles. The summed E-state index contributed by atoms with van der Waals surface area (Å²) in [5.41, 5.74) is 0.430. The monoisotopic (exact) mass is 733 g/mol. The number of amides is 2. The molecule has 260 valence electrons. The van der Waals surface area contributed by atoms with Crippen molar-refractivity contribution in [3.8, 4) is 0 Å². The van der Waals surface area contributed by atoms with E-state index in [4.69, 9.17) is 23.2 Å². The van der Waals surface area contributed by atoms with Crippen LogP contribution in [0.1, 0.15) is 42.0 Å². The number of hydrogen-bond acceptors (Lipinski definition) is 4. The fourth-order valence-corrected chi connectivity index (χ4v) is 6.97. The summed E-state index contributed by atoms with van der Waals surface area (Å²) in [4.78, 5) is 29.4. The van der Waals surface area contributed by atoms with E-state index in [1.165, 1.54) is 29.2 Å². The van der Waals surface area contributed by atoms with E-state index < -0.39 is 46.2 Å². The van der Waals surface area contributed by atoms with Crippen LogP contribution in [0, 0.1) is 6.92 Å². The summed E-state index contributed by atoms with van der Waals surface area (Å²) in [5.74, 6) is -1.33. The number of hydrogen-bond donors (Lipinski definition) is 1. The molecule has 0 heterocycles. The van der Waals surface area contributed by atoms with Gasteiger partial charge >= 0.3 is 6.18 Å². The minimum absolute atomic E-state index is 0.0595. The number of sulfonamides is 1. The van der Waals surface area contributed by atoms with Gasteiger partial charge in [0.2, 0.25) is 11.8 Å². The van der Waals surface area contributed by atoms with Gasteiger partial charge in [-0.15, -0.1) is 0 Å². The topological polar surface area (TPSA) is 86.8 Å². The number of benzene rings is 4. The van der Waals surface area contributed by atoms with Gasteiger partial charge in [-0.25, -0.2) is 8.42 Å². The number of nitrogens with one attached hydrogen (secondary N) is 1. The Labute approximate surface area is 294 Å². The highest BCUT2D eigenvalue weighted by Gasteiger charge is 2.36. The molecule has 4 rings (SSSR count). The Morgan fingerprint density at radius 2 is 1.59 bits per heavy atom. The van der Waals surface area contributed by atoms with Crippen LogP contribution in [0.5, 0.6) is 0 Å². The molecule has 0 bridgehead atoms. The lowest BCUT2D eigenvalue weighted by Gasteiger charge is -2.34. The van der Waals surface area contributed by atoms with Gasteiger partial charge in [0.1, 0.15) is 12.6 Å². The predicted molar refractivity (Wildman–Crippen MR) is 186 cm³/mol. The summed E-state index contributed by atoms with van der Waals surface area (Å²) in [6.45, 7) is 2.90. The molecule has 0 saturated carbocycles. The van der Waals surface area contributed by atoms with Gasteiger partial charge in [0.05, 0.1) is 16.1 Å².